The van der Waals surface area contributed by atoms with Gasteiger partial charge in [0.05, 0.1) is 0 Å². The van der Waals surface area contributed by atoms with Crippen molar-refractivity contribution in [2.75, 3.05) is 13.1 Å². The van der Waals surface area contributed by atoms with Crippen LogP contribution in [0.1, 0.15) is 51.9 Å². The number of rotatable bonds is 4. The Morgan fingerprint density at radius 1 is 1.19 bits per heavy atom. The van der Waals surface area contributed by atoms with Crippen molar-refractivity contribution in [1.29, 1.82) is 0 Å². The Labute approximate surface area is 100 Å². The molecule has 1 N–H and O–H groups in total. The van der Waals surface area contributed by atoms with E-state index in [0.29, 0.717) is 6.04 Å². The SMILES string of the molecule is C=C(C)N1CCCC1CNC1CCCCC1. The van der Waals surface area contributed by atoms with Crippen LogP contribution in [0, 0.1) is 0 Å². The van der Waals surface area contributed by atoms with Crippen molar-refractivity contribution in [2.24, 2.45) is 0 Å². The van der Waals surface area contributed by atoms with Crippen molar-refractivity contribution in [3.05, 3.63) is 12.3 Å². The maximum Gasteiger partial charge on any atom is 0.0412 e. The van der Waals surface area contributed by atoms with Crippen LogP contribution < -0.4 is 5.32 Å². The minimum Gasteiger partial charge on any atom is -0.371 e. The Hall–Kier alpha value is -0.500. The van der Waals surface area contributed by atoms with Crippen LogP contribution in [0.3, 0.4) is 0 Å². The quantitative estimate of drug-likeness (QED) is 0.787. The van der Waals surface area contributed by atoms with Gasteiger partial charge >= 0.3 is 0 Å². The van der Waals surface area contributed by atoms with Gasteiger partial charge in [-0.25, -0.2) is 0 Å². The van der Waals surface area contributed by atoms with E-state index >= 15 is 0 Å². The van der Waals surface area contributed by atoms with E-state index in [9.17, 15) is 0 Å². The first kappa shape index (κ1) is 12.0. The predicted molar refractivity (Wildman–Crippen MR) is 69.4 cm³/mol. The monoisotopic (exact) mass is 222 g/mol. The lowest BCUT2D eigenvalue weighted by molar-refractivity contribution is 0.283. The van der Waals surface area contributed by atoms with Crippen molar-refractivity contribution in [2.45, 2.75) is 64.0 Å². The highest BCUT2D eigenvalue weighted by atomic mass is 15.2. The number of nitrogens with one attached hydrogen (secondary N) is 1. The van der Waals surface area contributed by atoms with Crippen LogP contribution in [0.2, 0.25) is 0 Å². The van der Waals surface area contributed by atoms with Gasteiger partial charge in [-0.1, -0.05) is 25.8 Å². The Morgan fingerprint density at radius 2 is 1.94 bits per heavy atom. The maximum atomic E-state index is 4.08. The van der Waals surface area contributed by atoms with E-state index in [1.54, 1.807) is 0 Å². The first-order valence-electron chi connectivity index (χ1n) is 6.93. The average Bonchev–Trinajstić information content (AvgIpc) is 2.76. The highest BCUT2D eigenvalue weighted by Gasteiger charge is 2.24. The van der Waals surface area contributed by atoms with Gasteiger partial charge in [0.15, 0.2) is 0 Å². The Morgan fingerprint density at radius 3 is 2.62 bits per heavy atom. The Balaban J connectivity index is 1.73. The summed E-state index contributed by atoms with van der Waals surface area (Å²) >= 11 is 0. The summed E-state index contributed by atoms with van der Waals surface area (Å²) in [6, 6.07) is 1.50. The predicted octanol–water partition coefficient (Wildman–Crippen LogP) is 2.91. The highest BCUT2D eigenvalue weighted by Crippen LogP contribution is 2.22. The lowest BCUT2D eigenvalue weighted by Crippen LogP contribution is -2.41. The molecule has 0 spiro atoms. The van der Waals surface area contributed by atoms with E-state index in [1.165, 1.54) is 57.2 Å². The minimum absolute atomic E-state index is 0.708. The summed E-state index contributed by atoms with van der Waals surface area (Å²) in [4.78, 5) is 2.48. The molecule has 0 aromatic carbocycles. The van der Waals surface area contributed by atoms with Crippen molar-refractivity contribution >= 4 is 0 Å². The van der Waals surface area contributed by atoms with Crippen LogP contribution in [0.15, 0.2) is 12.3 Å². The van der Waals surface area contributed by atoms with Gasteiger partial charge in [0.1, 0.15) is 0 Å². The molecule has 92 valence electrons. The minimum atomic E-state index is 0.708. The van der Waals surface area contributed by atoms with Crippen LogP contribution in [0.5, 0.6) is 0 Å². The molecule has 2 heteroatoms. The van der Waals surface area contributed by atoms with Crippen molar-refractivity contribution in [3.63, 3.8) is 0 Å². The molecule has 1 aliphatic heterocycles. The zero-order valence-corrected chi connectivity index (χ0v) is 10.7. The third kappa shape index (κ3) is 3.00. The molecule has 1 aliphatic carbocycles. The Kier molecular flexibility index (Phi) is 4.28. The van der Waals surface area contributed by atoms with Gasteiger partial charge in [-0.2, -0.15) is 0 Å². The van der Waals surface area contributed by atoms with Crippen LogP contribution in [-0.4, -0.2) is 30.1 Å². The van der Waals surface area contributed by atoms with E-state index in [4.69, 9.17) is 0 Å². The number of allylic oxidation sites excluding steroid dienone is 1. The molecule has 1 atom stereocenters. The number of hydrogen-bond donors (Lipinski definition) is 1. The average molecular weight is 222 g/mol. The number of hydrogen-bond acceptors (Lipinski definition) is 2. The summed E-state index contributed by atoms with van der Waals surface area (Å²) in [6.45, 7) is 8.60. The summed E-state index contributed by atoms with van der Waals surface area (Å²) in [6.07, 6.45) is 9.74. The van der Waals surface area contributed by atoms with Gasteiger partial charge in [-0.3, -0.25) is 0 Å². The first-order chi connectivity index (χ1) is 7.77. The van der Waals surface area contributed by atoms with Gasteiger partial charge in [0.25, 0.3) is 0 Å². The number of likely N-dealkylation sites (tertiary alicyclic amines) is 1. The van der Waals surface area contributed by atoms with Gasteiger partial charge in [-0.05, 0) is 32.6 Å². The molecule has 2 fully saturated rings. The van der Waals surface area contributed by atoms with E-state index < -0.39 is 0 Å². The highest BCUT2D eigenvalue weighted by molar-refractivity contribution is 4.97. The zero-order chi connectivity index (χ0) is 11.4. The van der Waals surface area contributed by atoms with Crippen molar-refractivity contribution < 1.29 is 0 Å². The zero-order valence-electron chi connectivity index (χ0n) is 10.7. The smallest absolute Gasteiger partial charge is 0.0412 e. The second-order valence-corrected chi connectivity index (χ2v) is 5.47. The molecule has 1 saturated carbocycles. The van der Waals surface area contributed by atoms with Gasteiger partial charge in [0.2, 0.25) is 0 Å². The molecule has 0 amide bonds. The van der Waals surface area contributed by atoms with E-state index in [-0.39, 0.29) is 0 Å². The fourth-order valence-electron chi connectivity index (χ4n) is 3.16. The third-order valence-electron chi connectivity index (χ3n) is 4.11. The topological polar surface area (TPSA) is 15.3 Å². The normalized spacial score (nSPS) is 27.3. The van der Waals surface area contributed by atoms with Crippen LogP contribution in [-0.2, 0) is 0 Å². The molecule has 2 rings (SSSR count). The van der Waals surface area contributed by atoms with Gasteiger partial charge in [-0.15, -0.1) is 0 Å². The molecular weight excluding hydrogens is 196 g/mol. The summed E-state index contributed by atoms with van der Waals surface area (Å²) in [5.74, 6) is 0. The molecule has 0 radical (unpaired) electrons. The second-order valence-electron chi connectivity index (χ2n) is 5.47. The second kappa shape index (κ2) is 5.72. The summed E-state index contributed by atoms with van der Waals surface area (Å²) in [7, 11) is 0. The molecule has 0 bridgehead atoms. The van der Waals surface area contributed by atoms with Crippen LogP contribution in [0.25, 0.3) is 0 Å². The van der Waals surface area contributed by atoms with Crippen LogP contribution >= 0.6 is 0 Å². The fraction of sp³-hybridized carbons (Fsp3) is 0.857. The van der Waals surface area contributed by atoms with Crippen molar-refractivity contribution in [3.8, 4) is 0 Å². The molecule has 0 aromatic rings. The molecule has 2 nitrogen and oxygen atoms in total. The summed E-state index contributed by atoms with van der Waals surface area (Å²) in [5.41, 5.74) is 1.24. The van der Waals surface area contributed by atoms with Gasteiger partial charge < -0.3 is 10.2 Å². The standard InChI is InChI=1S/C14H26N2/c1-12(2)16-10-6-9-14(16)11-15-13-7-4-3-5-8-13/h13-15H,1,3-11H2,2H3. The largest absolute Gasteiger partial charge is 0.371 e. The molecule has 16 heavy (non-hydrogen) atoms. The number of nitrogens with zero attached hydrogens (tertiary/aromatic N) is 1. The third-order valence-corrected chi connectivity index (χ3v) is 4.11. The molecule has 0 aromatic heterocycles. The molecule has 1 heterocycles. The van der Waals surface area contributed by atoms with E-state index in [0.717, 1.165) is 12.6 Å². The van der Waals surface area contributed by atoms with E-state index in [2.05, 4.69) is 23.7 Å². The van der Waals surface area contributed by atoms with Crippen molar-refractivity contribution in [1.82, 2.24) is 10.2 Å². The molecule has 1 saturated heterocycles. The molecule has 1 unspecified atom stereocenters. The first-order valence-corrected chi connectivity index (χ1v) is 6.93. The lowest BCUT2D eigenvalue weighted by atomic mass is 9.95. The lowest BCUT2D eigenvalue weighted by Gasteiger charge is -2.30. The maximum absolute atomic E-state index is 4.08. The summed E-state index contributed by atoms with van der Waals surface area (Å²) < 4.78 is 0. The fourth-order valence-corrected chi connectivity index (χ4v) is 3.16. The van der Waals surface area contributed by atoms with Gasteiger partial charge in [0, 0.05) is 30.9 Å². The molecular formula is C14H26N2. The van der Waals surface area contributed by atoms with Crippen LogP contribution in [0.4, 0.5) is 0 Å². The Bertz CT molecular complexity index is 231. The molecule has 2 aliphatic rings. The summed E-state index contributed by atoms with van der Waals surface area (Å²) in [5, 5.41) is 3.77. The van der Waals surface area contributed by atoms with E-state index in [1.807, 2.05) is 0 Å².